The molecule has 1 amide bonds. The summed E-state index contributed by atoms with van der Waals surface area (Å²) in [4.78, 5) is 12.7. The molecule has 3 rings (SSSR count). The molecule has 2 N–H and O–H groups in total. The van der Waals surface area contributed by atoms with Crippen LogP contribution in [-0.4, -0.2) is 20.9 Å². The number of hydrogen-bond donors (Lipinski definition) is 2. The summed E-state index contributed by atoms with van der Waals surface area (Å²) >= 11 is 0. The lowest BCUT2D eigenvalue weighted by atomic mass is 10.1. The van der Waals surface area contributed by atoms with Gasteiger partial charge in [0.2, 0.25) is 0 Å². The van der Waals surface area contributed by atoms with Crippen LogP contribution in [0.25, 0.3) is 0 Å². The van der Waals surface area contributed by atoms with Crippen LogP contribution in [-0.2, 0) is 16.6 Å². The van der Waals surface area contributed by atoms with Crippen molar-refractivity contribution in [1.82, 2.24) is 5.32 Å². The fourth-order valence-electron chi connectivity index (χ4n) is 3.00. The van der Waals surface area contributed by atoms with Gasteiger partial charge in [0.1, 0.15) is 5.75 Å². The normalized spacial score (nSPS) is 11.3. The van der Waals surface area contributed by atoms with Crippen LogP contribution >= 0.6 is 0 Å². The largest absolute Gasteiger partial charge is 0.435 e. The van der Waals surface area contributed by atoms with Crippen molar-refractivity contribution in [3.63, 3.8) is 0 Å². The molecule has 0 aliphatic rings. The van der Waals surface area contributed by atoms with E-state index in [9.17, 15) is 22.0 Å². The van der Waals surface area contributed by atoms with Crippen LogP contribution < -0.4 is 14.8 Å². The Morgan fingerprint density at radius 2 is 1.72 bits per heavy atom. The van der Waals surface area contributed by atoms with Gasteiger partial charge in [-0.25, -0.2) is 8.42 Å². The third-order valence-corrected chi connectivity index (χ3v) is 6.14. The van der Waals surface area contributed by atoms with Crippen molar-refractivity contribution in [3.8, 4) is 5.75 Å². The second kappa shape index (κ2) is 9.78. The molecule has 0 heterocycles. The number of amides is 1. The van der Waals surface area contributed by atoms with E-state index in [4.69, 9.17) is 0 Å². The predicted octanol–water partition coefficient (Wildman–Crippen LogP) is 4.64. The van der Waals surface area contributed by atoms with E-state index in [0.29, 0.717) is 11.1 Å². The van der Waals surface area contributed by atoms with Gasteiger partial charge in [0.05, 0.1) is 4.90 Å². The second-order valence-corrected chi connectivity index (χ2v) is 8.81. The molecule has 168 valence electrons. The summed E-state index contributed by atoms with van der Waals surface area (Å²) in [6.45, 7) is 0.777. The Kier molecular flexibility index (Phi) is 7.09. The lowest BCUT2D eigenvalue weighted by molar-refractivity contribution is -0.0498. The maximum absolute atomic E-state index is 12.8. The summed E-state index contributed by atoms with van der Waals surface area (Å²) in [5.41, 5.74) is 2.64. The van der Waals surface area contributed by atoms with Crippen LogP contribution in [0.1, 0.15) is 27.0 Å². The van der Waals surface area contributed by atoms with Gasteiger partial charge in [0, 0.05) is 17.8 Å². The standard InChI is InChI=1S/C23H22F2N2O4S/c1-15-6-7-16(2)21(12-15)32(29,30)27-19-5-3-4-18(13-19)22(28)26-14-17-8-10-20(11-9-17)31-23(24)25/h3-13,23,27H,14H2,1-2H3,(H,26,28). The van der Waals surface area contributed by atoms with Crippen LogP contribution in [0.15, 0.2) is 71.6 Å². The lowest BCUT2D eigenvalue weighted by Gasteiger charge is -2.12. The zero-order chi connectivity index (χ0) is 23.3. The maximum atomic E-state index is 12.8. The smallest absolute Gasteiger partial charge is 0.387 e. The predicted molar refractivity (Wildman–Crippen MR) is 117 cm³/mol. The average molecular weight is 461 g/mol. The minimum atomic E-state index is -3.82. The molecule has 0 radical (unpaired) electrons. The van der Waals surface area contributed by atoms with Crippen molar-refractivity contribution in [2.45, 2.75) is 31.9 Å². The fourth-order valence-corrected chi connectivity index (χ4v) is 4.38. The van der Waals surface area contributed by atoms with Crippen molar-refractivity contribution in [1.29, 1.82) is 0 Å². The van der Waals surface area contributed by atoms with E-state index >= 15 is 0 Å². The molecule has 9 heteroatoms. The van der Waals surface area contributed by atoms with Crippen LogP contribution in [0.2, 0.25) is 0 Å². The average Bonchev–Trinajstić information content (AvgIpc) is 2.74. The topological polar surface area (TPSA) is 84.5 Å². The first-order chi connectivity index (χ1) is 15.1. The Balaban J connectivity index is 1.67. The number of carbonyl (C=O) groups is 1. The van der Waals surface area contributed by atoms with Gasteiger partial charge in [-0.1, -0.05) is 30.3 Å². The summed E-state index contributed by atoms with van der Waals surface area (Å²) in [5, 5.41) is 2.71. The first-order valence-corrected chi connectivity index (χ1v) is 11.1. The molecule has 0 aromatic heterocycles. The van der Waals surface area contributed by atoms with Crippen molar-refractivity contribution in [2.24, 2.45) is 0 Å². The molecule has 0 fully saturated rings. The van der Waals surface area contributed by atoms with Gasteiger partial charge in [-0.15, -0.1) is 0 Å². The number of aryl methyl sites for hydroxylation is 2. The number of hydrogen-bond acceptors (Lipinski definition) is 4. The molecule has 3 aromatic carbocycles. The third kappa shape index (κ3) is 6.04. The number of nitrogens with one attached hydrogen (secondary N) is 2. The minimum Gasteiger partial charge on any atom is -0.435 e. The number of sulfonamides is 1. The second-order valence-electron chi connectivity index (χ2n) is 7.16. The highest BCUT2D eigenvalue weighted by Gasteiger charge is 2.18. The first-order valence-electron chi connectivity index (χ1n) is 9.66. The maximum Gasteiger partial charge on any atom is 0.387 e. The number of alkyl halides is 2. The Hall–Kier alpha value is -3.46. The summed E-state index contributed by atoms with van der Waals surface area (Å²) in [7, 11) is -3.82. The van der Waals surface area contributed by atoms with Gasteiger partial charge >= 0.3 is 6.61 Å². The lowest BCUT2D eigenvalue weighted by Crippen LogP contribution is -2.23. The van der Waals surface area contributed by atoms with Gasteiger partial charge in [-0.05, 0) is 66.9 Å². The van der Waals surface area contributed by atoms with Crippen molar-refractivity contribution in [3.05, 3.63) is 89.0 Å². The summed E-state index contributed by atoms with van der Waals surface area (Å²) < 4.78 is 56.8. The molecule has 0 saturated heterocycles. The van der Waals surface area contributed by atoms with E-state index in [1.807, 2.05) is 13.0 Å². The SMILES string of the molecule is Cc1ccc(C)c(S(=O)(=O)Nc2cccc(C(=O)NCc3ccc(OC(F)F)cc3)c2)c1. The molecular weight excluding hydrogens is 438 g/mol. The molecule has 6 nitrogen and oxygen atoms in total. The third-order valence-electron chi connectivity index (χ3n) is 4.61. The zero-order valence-electron chi connectivity index (χ0n) is 17.4. The molecule has 0 unspecified atom stereocenters. The first kappa shape index (κ1) is 23.2. The van der Waals surface area contributed by atoms with Gasteiger partial charge in [0.25, 0.3) is 15.9 Å². The Labute approximate surface area is 185 Å². The molecule has 0 aliphatic carbocycles. The Bertz CT molecular complexity index is 1210. The van der Waals surface area contributed by atoms with E-state index in [0.717, 1.165) is 5.56 Å². The summed E-state index contributed by atoms with van der Waals surface area (Å²) in [6, 6.07) is 17.2. The number of anilines is 1. The summed E-state index contributed by atoms with van der Waals surface area (Å²) in [6.07, 6.45) is 0. The molecule has 32 heavy (non-hydrogen) atoms. The zero-order valence-corrected chi connectivity index (χ0v) is 18.2. The minimum absolute atomic E-state index is 0.0268. The van der Waals surface area contributed by atoms with E-state index in [-0.39, 0.29) is 28.4 Å². The van der Waals surface area contributed by atoms with Crippen molar-refractivity contribution < 1.29 is 26.7 Å². The van der Waals surface area contributed by atoms with Crippen LogP contribution in [0.3, 0.4) is 0 Å². The van der Waals surface area contributed by atoms with Crippen molar-refractivity contribution in [2.75, 3.05) is 4.72 Å². The number of ether oxygens (including phenoxy) is 1. The number of carbonyl (C=O) groups excluding carboxylic acids is 1. The highest BCUT2D eigenvalue weighted by atomic mass is 32.2. The molecular formula is C23H22F2N2O4S. The van der Waals surface area contributed by atoms with E-state index in [1.54, 1.807) is 49.4 Å². The van der Waals surface area contributed by atoms with E-state index in [1.165, 1.54) is 18.2 Å². The quantitative estimate of drug-likeness (QED) is 0.513. The van der Waals surface area contributed by atoms with Crippen LogP contribution in [0, 0.1) is 13.8 Å². The highest BCUT2D eigenvalue weighted by Crippen LogP contribution is 2.21. The molecule has 0 saturated carbocycles. The number of halogens is 2. The number of rotatable bonds is 8. The van der Waals surface area contributed by atoms with Crippen LogP contribution in [0.5, 0.6) is 5.75 Å². The van der Waals surface area contributed by atoms with Gasteiger partial charge in [-0.2, -0.15) is 8.78 Å². The van der Waals surface area contributed by atoms with E-state index in [2.05, 4.69) is 14.8 Å². The summed E-state index contributed by atoms with van der Waals surface area (Å²) in [5.74, 6) is -0.385. The molecule has 0 aliphatic heterocycles. The van der Waals surface area contributed by atoms with Gasteiger partial charge < -0.3 is 10.1 Å². The Morgan fingerprint density at radius 1 is 1.00 bits per heavy atom. The molecule has 0 spiro atoms. The number of benzene rings is 3. The molecule has 0 atom stereocenters. The van der Waals surface area contributed by atoms with Gasteiger partial charge in [-0.3, -0.25) is 9.52 Å². The van der Waals surface area contributed by atoms with Gasteiger partial charge in [0.15, 0.2) is 0 Å². The van der Waals surface area contributed by atoms with Crippen molar-refractivity contribution >= 4 is 21.6 Å². The monoisotopic (exact) mass is 460 g/mol. The molecule has 3 aromatic rings. The highest BCUT2D eigenvalue weighted by molar-refractivity contribution is 7.92. The molecule has 0 bridgehead atoms. The fraction of sp³-hybridized carbons (Fsp3) is 0.174. The van der Waals surface area contributed by atoms with Crippen LogP contribution in [0.4, 0.5) is 14.5 Å². The Morgan fingerprint density at radius 3 is 2.41 bits per heavy atom. The van der Waals surface area contributed by atoms with E-state index < -0.39 is 22.5 Å².